The number of ether oxygens (including phenoxy) is 3. The van der Waals surface area contributed by atoms with Crippen molar-refractivity contribution in [1.82, 2.24) is 0 Å². The lowest BCUT2D eigenvalue weighted by atomic mass is 9.94. The molecule has 0 bridgehead atoms. The average Bonchev–Trinajstić information content (AvgIpc) is 3.03. The Morgan fingerprint density at radius 2 is 2.00 bits per heavy atom. The highest BCUT2D eigenvalue weighted by molar-refractivity contribution is 5.85. The number of esters is 2. The summed E-state index contributed by atoms with van der Waals surface area (Å²) in [5.41, 5.74) is -0.106. The van der Waals surface area contributed by atoms with E-state index in [-0.39, 0.29) is 6.42 Å². The minimum absolute atomic E-state index is 0.273. The molecule has 1 heterocycles. The van der Waals surface area contributed by atoms with E-state index in [0.29, 0.717) is 11.3 Å². The van der Waals surface area contributed by atoms with E-state index in [2.05, 4.69) is 0 Å². The largest absolute Gasteiger partial charge is 0.496 e. The fourth-order valence-electron chi connectivity index (χ4n) is 2.85. The van der Waals surface area contributed by atoms with Crippen molar-refractivity contribution in [1.29, 1.82) is 0 Å². The number of nitro groups is 1. The minimum atomic E-state index is -1.06. The first-order chi connectivity index (χ1) is 12.9. The zero-order valence-electron chi connectivity index (χ0n) is 14.1. The van der Waals surface area contributed by atoms with E-state index in [0.717, 1.165) is 18.2 Å². The zero-order valence-corrected chi connectivity index (χ0v) is 14.1. The van der Waals surface area contributed by atoms with Crippen molar-refractivity contribution < 1.29 is 33.1 Å². The number of cyclic esters (lactones) is 1. The number of hydrogen-bond acceptors (Lipinski definition) is 7. The molecule has 0 spiro atoms. The molecule has 1 fully saturated rings. The third-order valence-corrected chi connectivity index (χ3v) is 4.09. The first-order valence-corrected chi connectivity index (χ1v) is 7.88. The first kappa shape index (κ1) is 18.3. The van der Waals surface area contributed by atoms with Crippen molar-refractivity contribution in [3.63, 3.8) is 0 Å². The maximum absolute atomic E-state index is 13.4. The Labute approximate surface area is 152 Å². The molecular weight excluding hydrogens is 361 g/mol. The van der Waals surface area contributed by atoms with Gasteiger partial charge in [0.2, 0.25) is 5.75 Å². The van der Waals surface area contributed by atoms with Crippen LogP contribution in [0.5, 0.6) is 11.5 Å². The first-order valence-electron chi connectivity index (χ1n) is 7.88. The number of nitrogens with zero attached hydrogens (tertiary/aromatic N) is 1. The lowest BCUT2D eigenvalue weighted by Gasteiger charge is -2.19. The lowest BCUT2D eigenvalue weighted by molar-refractivity contribution is -0.385. The Morgan fingerprint density at radius 3 is 2.70 bits per heavy atom. The van der Waals surface area contributed by atoms with Crippen molar-refractivity contribution >= 4 is 17.6 Å². The van der Waals surface area contributed by atoms with Crippen LogP contribution < -0.4 is 9.47 Å². The van der Waals surface area contributed by atoms with Crippen LogP contribution in [0.2, 0.25) is 0 Å². The summed E-state index contributed by atoms with van der Waals surface area (Å²) in [5, 5.41) is 11.1. The number of methoxy groups -OCH3 is 1. The Hall–Kier alpha value is -3.49. The van der Waals surface area contributed by atoms with Gasteiger partial charge in [0.25, 0.3) is 0 Å². The summed E-state index contributed by atoms with van der Waals surface area (Å²) in [4.78, 5) is 34.6. The third-order valence-electron chi connectivity index (χ3n) is 4.09. The van der Waals surface area contributed by atoms with E-state index >= 15 is 0 Å². The van der Waals surface area contributed by atoms with Crippen LogP contribution in [0.4, 0.5) is 10.1 Å². The number of carbonyl (C=O) groups excluding carboxylic acids is 2. The maximum Gasteiger partial charge on any atom is 0.319 e. The molecule has 9 heteroatoms. The Morgan fingerprint density at radius 1 is 1.26 bits per heavy atom. The molecule has 0 unspecified atom stereocenters. The second-order valence-electron chi connectivity index (χ2n) is 5.75. The summed E-state index contributed by atoms with van der Waals surface area (Å²) in [6.45, 7) is 0. The van der Waals surface area contributed by atoms with Gasteiger partial charge >= 0.3 is 17.6 Å². The quantitative estimate of drug-likeness (QED) is 0.342. The van der Waals surface area contributed by atoms with Crippen LogP contribution in [0.1, 0.15) is 18.1 Å². The van der Waals surface area contributed by atoms with E-state index < -0.39 is 46.1 Å². The van der Waals surface area contributed by atoms with Crippen LogP contribution in [0, 0.1) is 21.8 Å². The molecule has 0 amide bonds. The molecule has 140 valence electrons. The van der Waals surface area contributed by atoms with Crippen molar-refractivity contribution in [2.45, 2.75) is 12.5 Å². The molecule has 27 heavy (non-hydrogen) atoms. The van der Waals surface area contributed by atoms with Crippen molar-refractivity contribution in [2.75, 3.05) is 7.11 Å². The van der Waals surface area contributed by atoms with Gasteiger partial charge in [-0.05, 0) is 12.1 Å². The molecule has 2 aromatic carbocycles. The molecule has 3 rings (SSSR count). The summed E-state index contributed by atoms with van der Waals surface area (Å²) in [7, 11) is 1.43. The van der Waals surface area contributed by atoms with Gasteiger partial charge < -0.3 is 14.2 Å². The SMILES string of the molecule is COc1ccccc1[C@@H]1OC(=O)C[C@H]1C(=O)Oc1cc(F)ccc1[N+](=O)[O-]. The second-order valence-corrected chi connectivity index (χ2v) is 5.75. The zero-order chi connectivity index (χ0) is 19.6. The number of nitro benzene ring substituents is 1. The molecule has 2 aromatic rings. The van der Waals surface area contributed by atoms with Gasteiger partial charge in [-0.2, -0.15) is 0 Å². The van der Waals surface area contributed by atoms with E-state index in [9.17, 15) is 24.1 Å². The molecule has 0 aliphatic carbocycles. The monoisotopic (exact) mass is 375 g/mol. The summed E-state index contributed by atoms with van der Waals surface area (Å²) in [5.74, 6) is -3.55. The molecule has 1 saturated heterocycles. The Balaban J connectivity index is 1.91. The fraction of sp³-hybridized carbons (Fsp3) is 0.222. The number of para-hydroxylation sites is 1. The smallest absolute Gasteiger partial charge is 0.319 e. The molecule has 0 radical (unpaired) electrons. The standard InChI is InChI=1S/C18H14FNO7/c1-25-14-5-3-2-4-11(14)17-12(9-16(21)27-17)18(22)26-15-8-10(19)6-7-13(15)20(23)24/h2-8,12,17H,9H2,1H3/t12-,17+/m1/s1. The predicted octanol–water partition coefficient (Wildman–Crippen LogP) is 2.95. The third kappa shape index (κ3) is 3.71. The highest BCUT2D eigenvalue weighted by Gasteiger charge is 2.43. The second kappa shape index (κ2) is 7.40. The molecule has 1 aliphatic rings. The van der Waals surface area contributed by atoms with Crippen molar-refractivity contribution in [2.24, 2.45) is 5.92 Å². The summed E-state index contributed by atoms with van der Waals surface area (Å²) in [6, 6.07) is 9.19. The molecule has 0 N–H and O–H groups in total. The summed E-state index contributed by atoms with van der Waals surface area (Å²) in [6.07, 6.45) is -1.25. The maximum atomic E-state index is 13.4. The van der Waals surface area contributed by atoms with E-state index in [1.54, 1.807) is 24.3 Å². The highest BCUT2D eigenvalue weighted by Crippen LogP contribution is 2.41. The molecule has 2 atom stereocenters. The van der Waals surface area contributed by atoms with Crippen LogP contribution in [-0.2, 0) is 14.3 Å². The predicted molar refractivity (Wildman–Crippen MR) is 88.6 cm³/mol. The average molecular weight is 375 g/mol. The van der Waals surface area contributed by atoms with Gasteiger partial charge in [-0.25, -0.2) is 4.39 Å². The van der Waals surface area contributed by atoms with Crippen LogP contribution in [-0.4, -0.2) is 24.0 Å². The molecule has 0 aromatic heterocycles. The Bertz CT molecular complexity index is 914. The van der Waals surface area contributed by atoms with Gasteiger partial charge in [0, 0.05) is 17.7 Å². The molecule has 8 nitrogen and oxygen atoms in total. The Kier molecular flexibility index (Phi) is 5.02. The van der Waals surface area contributed by atoms with E-state index in [1.165, 1.54) is 7.11 Å². The minimum Gasteiger partial charge on any atom is -0.496 e. The number of benzene rings is 2. The van der Waals surface area contributed by atoms with Gasteiger partial charge in [-0.1, -0.05) is 18.2 Å². The van der Waals surface area contributed by atoms with Gasteiger partial charge in [-0.3, -0.25) is 19.7 Å². The van der Waals surface area contributed by atoms with Gasteiger partial charge in [-0.15, -0.1) is 0 Å². The van der Waals surface area contributed by atoms with Gasteiger partial charge in [0.1, 0.15) is 23.6 Å². The molecular formula is C18H14FNO7. The van der Waals surface area contributed by atoms with E-state index in [1.807, 2.05) is 0 Å². The summed E-state index contributed by atoms with van der Waals surface area (Å²) >= 11 is 0. The number of rotatable bonds is 5. The number of carbonyl (C=O) groups is 2. The topological polar surface area (TPSA) is 105 Å². The van der Waals surface area contributed by atoms with Crippen LogP contribution in [0.25, 0.3) is 0 Å². The molecule has 1 aliphatic heterocycles. The number of hydrogen-bond donors (Lipinski definition) is 0. The van der Waals surface area contributed by atoms with Gasteiger partial charge in [0.05, 0.1) is 18.5 Å². The van der Waals surface area contributed by atoms with Crippen LogP contribution in [0.15, 0.2) is 42.5 Å². The van der Waals surface area contributed by atoms with E-state index in [4.69, 9.17) is 14.2 Å². The van der Waals surface area contributed by atoms with Crippen LogP contribution in [0.3, 0.4) is 0 Å². The lowest BCUT2D eigenvalue weighted by Crippen LogP contribution is -2.24. The van der Waals surface area contributed by atoms with Crippen LogP contribution >= 0.6 is 0 Å². The normalized spacial score (nSPS) is 18.7. The van der Waals surface area contributed by atoms with Crippen molar-refractivity contribution in [3.05, 3.63) is 64.0 Å². The highest BCUT2D eigenvalue weighted by atomic mass is 19.1. The number of halogens is 1. The van der Waals surface area contributed by atoms with Crippen molar-refractivity contribution in [3.8, 4) is 11.5 Å². The fourth-order valence-corrected chi connectivity index (χ4v) is 2.85. The summed E-state index contributed by atoms with van der Waals surface area (Å²) < 4.78 is 28.9. The molecule has 0 saturated carbocycles. The van der Waals surface area contributed by atoms with Gasteiger partial charge in [0.15, 0.2) is 0 Å².